The van der Waals surface area contributed by atoms with Crippen LogP contribution >= 0.6 is 0 Å². The molecule has 4 heteroatoms. The zero-order valence-corrected chi connectivity index (χ0v) is 12.2. The number of hydrogen-bond acceptors (Lipinski definition) is 2. The van der Waals surface area contributed by atoms with E-state index in [2.05, 4.69) is 0 Å². The van der Waals surface area contributed by atoms with E-state index in [4.69, 9.17) is 5.11 Å². The molecule has 21 heavy (non-hydrogen) atoms. The van der Waals surface area contributed by atoms with Crippen molar-refractivity contribution in [2.24, 2.45) is 5.41 Å². The fourth-order valence-corrected chi connectivity index (χ4v) is 2.46. The summed E-state index contributed by atoms with van der Waals surface area (Å²) in [6, 6.07) is 5.57. The minimum absolute atomic E-state index is 0.220. The van der Waals surface area contributed by atoms with E-state index in [9.17, 15) is 14.0 Å². The quantitative estimate of drug-likeness (QED) is 0.846. The average Bonchev–Trinajstić information content (AvgIpc) is 2.38. The first-order chi connectivity index (χ1) is 9.71. The molecule has 3 nitrogen and oxygen atoms in total. The first-order valence-electron chi connectivity index (χ1n) is 6.69. The molecule has 1 aliphatic rings. The van der Waals surface area contributed by atoms with Crippen molar-refractivity contribution < 1.29 is 19.1 Å². The Bertz CT molecular complexity index is 658. The van der Waals surface area contributed by atoms with Crippen molar-refractivity contribution in [3.05, 3.63) is 52.9 Å². The van der Waals surface area contributed by atoms with Crippen LogP contribution in [-0.4, -0.2) is 16.9 Å². The van der Waals surface area contributed by atoms with Crippen molar-refractivity contribution in [1.29, 1.82) is 0 Å². The Balaban J connectivity index is 2.62. The van der Waals surface area contributed by atoms with Gasteiger partial charge in [0.1, 0.15) is 11.4 Å². The number of aliphatic carboxylic acids is 1. The lowest BCUT2D eigenvalue weighted by molar-refractivity contribution is -0.134. The Morgan fingerprint density at radius 1 is 1.19 bits per heavy atom. The molecule has 0 saturated heterocycles. The lowest BCUT2D eigenvalue weighted by Crippen LogP contribution is -2.23. The molecule has 1 N–H and O–H groups in total. The van der Waals surface area contributed by atoms with Gasteiger partial charge in [0.2, 0.25) is 5.78 Å². The monoisotopic (exact) mass is 288 g/mol. The highest BCUT2D eigenvalue weighted by Crippen LogP contribution is 2.39. The van der Waals surface area contributed by atoms with Gasteiger partial charge in [0.25, 0.3) is 0 Å². The number of carbonyl (C=O) groups is 2. The van der Waals surface area contributed by atoms with Gasteiger partial charge >= 0.3 is 5.97 Å². The van der Waals surface area contributed by atoms with E-state index in [1.807, 2.05) is 20.8 Å². The molecule has 0 bridgehead atoms. The molecule has 110 valence electrons. The largest absolute Gasteiger partial charge is 0.478 e. The normalized spacial score (nSPS) is 16.0. The molecule has 0 unspecified atom stereocenters. The van der Waals surface area contributed by atoms with Gasteiger partial charge in [0.15, 0.2) is 0 Å². The third kappa shape index (κ3) is 2.94. The predicted molar refractivity (Wildman–Crippen MR) is 78.1 cm³/mol. The van der Waals surface area contributed by atoms with E-state index in [1.54, 1.807) is 0 Å². The molecule has 0 aliphatic heterocycles. The SMILES string of the molecule is CC(C)(C)C1=C(c2ccc(F)cc2)C(=O)C(C(=O)O)=CC1. The molecule has 0 amide bonds. The Labute approximate surface area is 122 Å². The maximum atomic E-state index is 13.1. The zero-order chi connectivity index (χ0) is 15.8. The highest BCUT2D eigenvalue weighted by molar-refractivity contribution is 6.38. The molecule has 2 rings (SSSR count). The molecule has 1 aromatic carbocycles. The second-order valence-corrected chi connectivity index (χ2v) is 6.07. The smallest absolute Gasteiger partial charge is 0.339 e. The maximum Gasteiger partial charge on any atom is 0.339 e. The van der Waals surface area contributed by atoms with E-state index >= 15 is 0 Å². The molecular formula is C17H17FO3. The molecule has 0 saturated carbocycles. The van der Waals surface area contributed by atoms with Crippen molar-refractivity contribution in [3.63, 3.8) is 0 Å². The third-order valence-electron chi connectivity index (χ3n) is 3.55. The minimum atomic E-state index is -1.23. The number of ketones is 1. The molecule has 1 aliphatic carbocycles. The van der Waals surface area contributed by atoms with E-state index in [-0.39, 0.29) is 11.0 Å². The van der Waals surface area contributed by atoms with E-state index < -0.39 is 17.6 Å². The van der Waals surface area contributed by atoms with Crippen LogP contribution in [0.3, 0.4) is 0 Å². The predicted octanol–water partition coefficient (Wildman–Crippen LogP) is 3.61. The van der Waals surface area contributed by atoms with Gasteiger partial charge in [-0.2, -0.15) is 0 Å². The van der Waals surface area contributed by atoms with Crippen molar-refractivity contribution in [3.8, 4) is 0 Å². The molecule has 0 heterocycles. The van der Waals surface area contributed by atoms with Crippen molar-refractivity contribution in [2.75, 3.05) is 0 Å². The van der Waals surface area contributed by atoms with Crippen LogP contribution in [0.15, 0.2) is 41.5 Å². The number of rotatable bonds is 2. The zero-order valence-electron chi connectivity index (χ0n) is 12.2. The number of carboxylic acids is 1. The summed E-state index contributed by atoms with van der Waals surface area (Å²) < 4.78 is 13.1. The average molecular weight is 288 g/mol. The number of Topliss-reactive ketones (excluding diaryl/α,β-unsaturated/α-hetero) is 1. The topological polar surface area (TPSA) is 54.4 Å². The Morgan fingerprint density at radius 3 is 2.24 bits per heavy atom. The third-order valence-corrected chi connectivity index (χ3v) is 3.55. The van der Waals surface area contributed by atoms with Gasteiger partial charge in [0, 0.05) is 5.57 Å². The van der Waals surface area contributed by atoms with Crippen LogP contribution < -0.4 is 0 Å². The van der Waals surface area contributed by atoms with E-state index in [0.717, 1.165) is 5.57 Å². The van der Waals surface area contributed by atoms with Crippen LogP contribution in [0.4, 0.5) is 4.39 Å². The van der Waals surface area contributed by atoms with Crippen LogP contribution in [0.25, 0.3) is 5.57 Å². The van der Waals surface area contributed by atoms with Crippen molar-refractivity contribution >= 4 is 17.3 Å². The highest BCUT2D eigenvalue weighted by Gasteiger charge is 2.32. The Hall–Kier alpha value is -2.23. The van der Waals surface area contributed by atoms with Gasteiger partial charge in [-0.1, -0.05) is 39.0 Å². The summed E-state index contributed by atoms with van der Waals surface area (Å²) in [5.41, 5.74) is 1.30. The number of allylic oxidation sites excluding steroid dienone is 3. The summed E-state index contributed by atoms with van der Waals surface area (Å²) in [6.07, 6.45) is 1.86. The summed E-state index contributed by atoms with van der Waals surface area (Å²) >= 11 is 0. The van der Waals surface area contributed by atoms with E-state index in [0.29, 0.717) is 17.6 Å². The molecular weight excluding hydrogens is 271 g/mol. The standard InChI is InChI=1S/C17H17FO3/c1-17(2,3)13-9-8-12(16(20)21)15(19)14(13)10-4-6-11(18)7-5-10/h4-8H,9H2,1-3H3,(H,20,21). The second-order valence-electron chi connectivity index (χ2n) is 6.07. The number of hydrogen-bond donors (Lipinski definition) is 1. The van der Waals surface area contributed by atoms with Crippen LogP contribution in [0, 0.1) is 11.2 Å². The first kappa shape index (κ1) is 15.2. The molecule has 0 radical (unpaired) electrons. The number of benzene rings is 1. The minimum Gasteiger partial charge on any atom is -0.478 e. The van der Waals surface area contributed by atoms with Crippen molar-refractivity contribution in [1.82, 2.24) is 0 Å². The van der Waals surface area contributed by atoms with Gasteiger partial charge in [0.05, 0.1) is 0 Å². The first-order valence-corrected chi connectivity index (χ1v) is 6.69. The number of halogens is 1. The van der Waals surface area contributed by atoms with Gasteiger partial charge in [-0.15, -0.1) is 0 Å². The fraction of sp³-hybridized carbons (Fsp3) is 0.294. The van der Waals surface area contributed by atoms with Gasteiger partial charge in [-0.3, -0.25) is 4.79 Å². The van der Waals surface area contributed by atoms with E-state index in [1.165, 1.54) is 30.3 Å². The summed E-state index contributed by atoms with van der Waals surface area (Å²) in [6.45, 7) is 5.91. The summed E-state index contributed by atoms with van der Waals surface area (Å²) in [7, 11) is 0. The van der Waals surface area contributed by atoms with Crippen molar-refractivity contribution in [2.45, 2.75) is 27.2 Å². The lowest BCUT2D eigenvalue weighted by Gasteiger charge is -2.28. The Kier molecular flexibility index (Phi) is 3.81. The molecule has 0 aromatic heterocycles. The summed E-state index contributed by atoms with van der Waals surface area (Å²) in [4.78, 5) is 23.7. The van der Waals surface area contributed by atoms with Gasteiger partial charge < -0.3 is 5.11 Å². The van der Waals surface area contributed by atoms with Crippen LogP contribution in [0.1, 0.15) is 32.8 Å². The number of carboxylic acid groups (broad SMARTS) is 1. The maximum absolute atomic E-state index is 13.1. The van der Waals surface area contributed by atoms with Crippen LogP contribution in [0.2, 0.25) is 0 Å². The molecule has 1 aromatic rings. The molecule has 0 spiro atoms. The summed E-state index contributed by atoms with van der Waals surface area (Å²) in [5, 5.41) is 9.13. The molecule has 0 atom stereocenters. The van der Waals surface area contributed by atoms with Crippen LogP contribution in [0.5, 0.6) is 0 Å². The summed E-state index contributed by atoms with van der Waals surface area (Å²) in [5.74, 6) is -2.13. The fourth-order valence-electron chi connectivity index (χ4n) is 2.46. The highest BCUT2D eigenvalue weighted by atomic mass is 19.1. The van der Waals surface area contributed by atoms with Crippen LogP contribution in [-0.2, 0) is 9.59 Å². The lowest BCUT2D eigenvalue weighted by atomic mass is 9.75. The number of carbonyl (C=O) groups excluding carboxylic acids is 1. The Morgan fingerprint density at radius 2 is 1.76 bits per heavy atom. The second kappa shape index (κ2) is 5.28. The van der Waals surface area contributed by atoms with Gasteiger partial charge in [-0.05, 0) is 35.1 Å². The molecule has 0 fully saturated rings. The van der Waals surface area contributed by atoms with Gasteiger partial charge in [-0.25, -0.2) is 9.18 Å².